The molecule has 0 amide bonds. The minimum Gasteiger partial charge on any atom is -0.492 e. The van der Waals surface area contributed by atoms with Crippen LogP contribution in [0.4, 0.5) is 8.78 Å². The van der Waals surface area contributed by atoms with Crippen LogP contribution in [0.2, 0.25) is 0 Å². The molecule has 3 nitrogen and oxygen atoms in total. The van der Waals surface area contributed by atoms with Crippen LogP contribution in [0.5, 0.6) is 5.88 Å². The second-order valence-corrected chi connectivity index (χ2v) is 6.12. The SMILES string of the molecule is C#Cc1ccc(F)cc1CSc1nc(O)c(C#N)c2ccc(F)cc12. The van der Waals surface area contributed by atoms with Gasteiger partial charge in [-0.2, -0.15) is 5.26 Å². The van der Waals surface area contributed by atoms with Crippen molar-refractivity contribution in [3.05, 3.63) is 64.7 Å². The van der Waals surface area contributed by atoms with Gasteiger partial charge in [0.05, 0.1) is 0 Å². The van der Waals surface area contributed by atoms with E-state index in [1.165, 1.54) is 48.2 Å². The lowest BCUT2D eigenvalue weighted by molar-refractivity contribution is 0.448. The van der Waals surface area contributed by atoms with Crippen LogP contribution in [0.25, 0.3) is 10.8 Å². The summed E-state index contributed by atoms with van der Waals surface area (Å²) in [5.41, 5.74) is 1.11. The first-order valence-electron chi connectivity index (χ1n) is 7.13. The first-order chi connectivity index (χ1) is 12.0. The summed E-state index contributed by atoms with van der Waals surface area (Å²) >= 11 is 1.17. The third kappa shape index (κ3) is 3.26. The average molecular weight is 352 g/mol. The summed E-state index contributed by atoms with van der Waals surface area (Å²) < 4.78 is 27.1. The van der Waals surface area contributed by atoms with Crippen molar-refractivity contribution >= 4 is 22.5 Å². The molecule has 1 N–H and O–H groups in total. The van der Waals surface area contributed by atoms with Crippen LogP contribution in [0.15, 0.2) is 41.4 Å². The minimum atomic E-state index is -0.485. The van der Waals surface area contributed by atoms with Crippen LogP contribution in [-0.2, 0) is 5.75 Å². The Morgan fingerprint density at radius 2 is 1.84 bits per heavy atom. The van der Waals surface area contributed by atoms with Gasteiger partial charge >= 0.3 is 0 Å². The van der Waals surface area contributed by atoms with E-state index >= 15 is 0 Å². The van der Waals surface area contributed by atoms with Gasteiger partial charge in [0.2, 0.25) is 5.88 Å². The Labute approximate surface area is 146 Å². The van der Waals surface area contributed by atoms with Crippen molar-refractivity contribution in [2.75, 3.05) is 0 Å². The van der Waals surface area contributed by atoms with Crippen LogP contribution in [0.3, 0.4) is 0 Å². The second kappa shape index (κ2) is 6.80. The normalized spacial score (nSPS) is 10.4. The smallest absolute Gasteiger partial charge is 0.230 e. The lowest BCUT2D eigenvalue weighted by Crippen LogP contribution is -1.93. The van der Waals surface area contributed by atoms with Crippen LogP contribution in [-0.4, -0.2) is 10.1 Å². The number of hydrogen-bond donors (Lipinski definition) is 1. The molecule has 25 heavy (non-hydrogen) atoms. The Morgan fingerprint density at radius 3 is 2.56 bits per heavy atom. The Kier molecular flexibility index (Phi) is 4.56. The Hall–Kier alpha value is -3.09. The van der Waals surface area contributed by atoms with E-state index in [0.717, 1.165) is 0 Å². The van der Waals surface area contributed by atoms with Gasteiger partial charge in [0, 0.05) is 22.1 Å². The van der Waals surface area contributed by atoms with Gasteiger partial charge in [-0.15, -0.1) is 18.2 Å². The number of fused-ring (bicyclic) bond motifs is 1. The van der Waals surface area contributed by atoms with E-state index in [4.69, 9.17) is 11.7 Å². The van der Waals surface area contributed by atoms with Gasteiger partial charge < -0.3 is 5.11 Å². The first kappa shape index (κ1) is 16.8. The maximum atomic E-state index is 13.6. The summed E-state index contributed by atoms with van der Waals surface area (Å²) in [7, 11) is 0. The molecule has 0 radical (unpaired) electrons. The predicted octanol–water partition coefficient (Wildman–Crippen LogP) is 4.36. The molecule has 0 bridgehead atoms. The number of pyridine rings is 1. The summed E-state index contributed by atoms with van der Waals surface area (Å²) in [4.78, 5) is 3.99. The number of thioether (sulfide) groups is 1. The maximum Gasteiger partial charge on any atom is 0.230 e. The fraction of sp³-hybridized carbons (Fsp3) is 0.0526. The highest BCUT2D eigenvalue weighted by molar-refractivity contribution is 7.98. The molecule has 0 fully saturated rings. The quantitative estimate of drug-likeness (QED) is 0.562. The number of aromatic nitrogens is 1. The number of aromatic hydroxyl groups is 1. The van der Waals surface area contributed by atoms with Gasteiger partial charge in [-0.05, 0) is 42.0 Å². The number of hydrogen-bond acceptors (Lipinski definition) is 4. The lowest BCUT2D eigenvalue weighted by Gasteiger charge is -2.10. The summed E-state index contributed by atoms with van der Waals surface area (Å²) in [6, 6.07) is 9.85. The zero-order valence-corrected chi connectivity index (χ0v) is 13.6. The molecule has 6 heteroatoms. The van der Waals surface area contributed by atoms with E-state index in [9.17, 15) is 13.9 Å². The Morgan fingerprint density at radius 1 is 1.12 bits per heavy atom. The topological polar surface area (TPSA) is 56.9 Å². The predicted molar refractivity (Wildman–Crippen MR) is 92.0 cm³/mol. The van der Waals surface area contributed by atoms with Gasteiger partial charge in [-0.3, -0.25) is 0 Å². The zero-order chi connectivity index (χ0) is 18.0. The summed E-state index contributed by atoms with van der Waals surface area (Å²) in [5, 5.41) is 20.3. The highest BCUT2D eigenvalue weighted by atomic mass is 32.2. The Bertz CT molecular complexity index is 1070. The zero-order valence-electron chi connectivity index (χ0n) is 12.8. The molecular weight excluding hydrogens is 342 g/mol. The molecule has 3 rings (SSSR count). The Balaban J connectivity index is 2.06. The van der Waals surface area contributed by atoms with Crippen molar-refractivity contribution in [3.63, 3.8) is 0 Å². The van der Waals surface area contributed by atoms with Crippen LogP contribution < -0.4 is 0 Å². The molecule has 0 saturated carbocycles. The van der Waals surface area contributed by atoms with Gasteiger partial charge in [0.15, 0.2) is 0 Å². The van der Waals surface area contributed by atoms with Crippen LogP contribution in [0, 0.1) is 35.3 Å². The van der Waals surface area contributed by atoms with Crippen molar-refractivity contribution in [1.82, 2.24) is 4.98 Å². The number of rotatable bonds is 3. The van der Waals surface area contributed by atoms with Crippen molar-refractivity contribution in [2.45, 2.75) is 10.8 Å². The van der Waals surface area contributed by atoms with Crippen molar-refractivity contribution in [2.24, 2.45) is 0 Å². The van der Waals surface area contributed by atoms with E-state index in [1.807, 2.05) is 6.07 Å². The highest BCUT2D eigenvalue weighted by Gasteiger charge is 2.15. The third-order valence-electron chi connectivity index (χ3n) is 3.61. The van der Waals surface area contributed by atoms with Crippen molar-refractivity contribution < 1.29 is 13.9 Å². The van der Waals surface area contributed by atoms with Crippen LogP contribution >= 0.6 is 11.8 Å². The first-order valence-corrected chi connectivity index (χ1v) is 8.12. The third-order valence-corrected chi connectivity index (χ3v) is 4.65. The molecule has 0 unspecified atom stereocenters. The molecule has 0 aliphatic carbocycles. The number of benzene rings is 2. The molecule has 0 aliphatic heterocycles. The van der Waals surface area contributed by atoms with E-state index in [-0.39, 0.29) is 11.3 Å². The summed E-state index contributed by atoms with van der Waals surface area (Å²) in [6.45, 7) is 0. The van der Waals surface area contributed by atoms with E-state index in [1.54, 1.807) is 0 Å². The molecule has 0 spiro atoms. The molecule has 1 aromatic heterocycles. The molecule has 0 aliphatic rings. The molecular formula is C19H10F2N2OS. The number of terminal acetylenes is 1. The molecule has 2 aromatic carbocycles. The maximum absolute atomic E-state index is 13.6. The fourth-order valence-electron chi connectivity index (χ4n) is 2.43. The van der Waals surface area contributed by atoms with Gasteiger partial charge in [0.25, 0.3) is 0 Å². The molecule has 122 valence electrons. The second-order valence-electron chi connectivity index (χ2n) is 5.15. The highest BCUT2D eigenvalue weighted by Crippen LogP contribution is 2.35. The van der Waals surface area contributed by atoms with Gasteiger partial charge in [0.1, 0.15) is 28.3 Å². The average Bonchev–Trinajstić information content (AvgIpc) is 2.60. The standard InChI is InChI=1S/C19H10F2N2OS/c1-2-11-3-4-13(20)7-12(11)10-25-19-16-8-14(21)5-6-15(16)17(9-22)18(24)23-19/h1,3-8H,10H2,(H,23,24). The molecule has 0 atom stereocenters. The van der Waals surface area contributed by atoms with Crippen LogP contribution in [0.1, 0.15) is 16.7 Å². The lowest BCUT2D eigenvalue weighted by atomic mass is 10.1. The van der Waals surface area contributed by atoms with Crippen molar-refractivity contribution in [1.29, 1.82) is 5.26 Å². The van der Waals surface area contributed by atoms with E-state index in [0.29, 0.717) is 26.9 Å². The van der Waals surface area contributed by atoms with E-state index in [2.05, 4.69) is 10.9 Å². The number of halogens is 2. The monoisotopic (exact) mass is 352 g/mol. The van der Waals surface area contributed by atoms with Crippen molar-refractivity contribution in [3.8, 4) is 24.3 Å². The molecule has 3 aromatic rings. The summed E-state index contributed by atoms with van der Waals surface area (Å²) in [5.74, 6) is 1.43. The summed E-state index contributed by atoms with van der Waals surface area (Å²) in [6.07, 6.45) is 5.42. The number of nitrogens with zero attached hydrogens (tertiary/aromatic N) is 2. The fourth-order valence-corrected chi connectivity index (χ4v) is 3.44. The van der Waals surface area contributed by atoms with Gasteiger partial charge in [-0.25, -0.2) is 13.8 Å². The van der Waals surface area contributed by atoms with E-state index < -0.39 is 17.5 Å². The molecule has 1 heterocycles. The minimum absolute atomic E-state index is 0.0191. The molecule has 0 saturated heterocycles. The largest absolute Gasteiger partial charge is 0.492 e. The number of nitriles is 1. The van der Waals surface area contributed by atoms with Gasteiger partial charge in [-0.1, -0.05) is 5.92 Å².